The molecule has 0 saturated carbocycles. The van der Waals surface area contributed by atoms with Crippen molar-refractivity contribution in [2.75, 3.05) is 11.9 Å². The number of anilines is 1. The van der Waals surface area contributed by atoms with E-state index in [1.807, 2.05) is 12.1 Å². The first kappa shape index (κ1) is 16.2. The van der Waals surface area contributed by atoms with Crippen LogP contribution in [0.1, 0.15) is 30.0 Å². The van der Waals surface area contributed by atoms with Crippen LogP contribution < -0.4 is 5.32 Å². The van der Waals surface area contributed by atoms with Gasteiger partial charge in [0.1, 0.15) is 0 Å². The summed E-state index contributed by atoms with van der Waals surface area (Å²) in [6.07, 6.45) is 1.28. The average molecular weight is 347 g/mol. The van der Waals surface area contributed by atoms with Crippen molar-refractivity contribution in [2.24, 2.45) is 10.9 Å². The molecule has 3 rings (SSSR count). The van der Waals surface area contributed by atoms with Gasteiger partial charge in [0.05, 0.1) is 17.1 Å². The Morgan fingerprint density at radius 1 is 1.39 bits per heavy atom. The third-order valence-corrected chi connectivity index (χ3v) is 5.44. The third-order valence-electron chi connectivity index (χ3n) is 4.13. The lowest BCUT2D eigenvalue weighted by molar-refractivity contribution is -0.117. The van der Waals surface area contributed by atoms with Gasteiger partial charge in [-0.1, -0.05) is 30.7 Å². The van der Waals surface area contributed by atoms with Crippen LogP contribution >= 0.6 is 22.9 Å². The first-order valence-corrected chi connectivity index (χ1v) is 9.02. The van der Waals surface area contributed by atoms with E-state index in [4.69, 9.17) is 11.6 Å². The van der Waals surface area contributed by atoms with Crippen molar-refractivity contribution in [3.05, 3.63) is 51.4 Å². The summed E-state index contributed by atoms with van der Waals surface area (Å²) in [5, 5.41) is 7.38. The molecule has 1 N–H and O–H groups in total. The molecule has 2 heterocycles. The van der Waals surface area contributed by atoms with E-state index in [0.717, 1.165) is 34.8 Å². The number of carbonyl (C=O) groups is 1. The highest BCUT2D eigenvalue weighted by molar-refractivity contribution is 7.14. The molecule has 23 heavy (non-hydrogen) atoms. The van der Waals surface area contributed by atoms with Gasteiger partial charge in [0.25, 0.3) is 0 Å². The van der Waals surface area contributed by atoms with Gasteiger partial charge in [-0.15, -0.1) is 11.3 Å². The van der Waals surface area contributed by atoms with Crippen molar-refractivity contribution in [3.8, 4) is 0 Å². The summed E-state index contributed by atoms with van der Waals surface area (Å²) in [6, 6.07) is 7.36. The quantitative estimate of drug-likeness (QED) is 0.873. The van der Waals surface area contributed by atoms with E-state index in [9.17, 15) is 4.79 Å². The van der Waals surface area contributed by atoms with Crippen LogP contribution in [0.25, 0.3) is 0 Å². The fraction of sp³-hybridized carbons (Fsp3) is 0.333. The number of aliphatic imine (C=N–C) groups is 1. The van der Waals surface area contributed by atoms with E-state index >= 15 is 0 Å². The molecule has 1 aliphatic heterocycles. The number of halogens is 1. The number of benzene rings is 1. The van der Waals surface area contributed by atoms with Gasteiger partial charge in [0.2, 0.25) is 5.91 Å². The number of nitrogens with zero attached hydrogens (tertiary/aromatic N) is 1. The average Bonchev–Trinajstić information content (AvgIpc) is 2.91. The zero-order chi connectivity index (χ0) is 16.4. The van der Waals surface area contributed by atoms with Crippen molar-refractivity contribution in [1.29, 1.82) is 0 Å². The maximum absolute atomic E-state index is 12.4. The van der Waals surface area contributed by atoms with Gasteiger partial charge in [-0.05, 0) is 42.0 Å². The molecule has 0 spiro atoms. The van der Waals surface area contributed by atoms with Crippen LogP contribution in [0.5, 0.6) is 0 Å². The van der Waals surface area contributed by atoms with Gasteiger partial charge < -0.3 is 5.32 Å². The molecular formula is C18H19ClN2OS. The van der Waals surface area contributed by atoms with Crippen LogP contribution in [-0.2, 0) is 11.2 Å². The molecule has 1 aliphatic rings. The number of aryl methyl sites for hydroxylation is 1. The highest BCUT2D eigenvalue weighted by Crippen LogP contribution is 2.35. The van der Waals surface area contributed by atoms with Crippen LogP contribution in [0.4, 0.5) is 5.00 Å². The first-order valence-electron chi connectivity index (χ1n) is 7.76. The molecule has 0 radical (unpaired) electrons. The molecule has 1 aromatic heterocycles. The molecule has 1 amide bonds. The maximum atomic E-state index is 12.4. The monoisotopic (exact) mass is 346 g/mol. The number of fused-ring (bicyclic) bond motifs is 1. The van der Waals surface area contributed by atoms with Gasteiger partial charge in [-0.25, -0.2) is 4.99 Å². The van der Waals surface area contributed by atoms with Gasteiger partial charge in [0.15, 0.2) is 0 Å². The van der Waals surface area contributed by atoms with E-state index in [0.29, 0.717) is 11.4 Å². The zero-order valence-electron chi connectivity index (χ0n) is 13.2. The fourth-order valence-electron chi connectivity index (χ4n) is 2.84. The summed E-state index contributed by atoms with van der Waals surface area (Å²) in [7, 11) is 0. The van der Waals surface area contributed by atoms with Crippen LogP contribution in [0, 0.1) is 12.8 Å². The van der Waals surface area contributed by atoms with Crippen molar-refractivity contribution >= 4 is 39.6 Å². The van der Waals surface area contributed by atoms with Gasteiger partial charge in [-0.2, -0.15) is 0 Å². The number of carbonyl (C=O) groups excluding carboxylic acids is 1. The summed E-state index contributed by atoms with van der Waals surface area (Å²) in [4.78, 5) is 16.9. The highest BCUT2D eigenvalue weighted by Gasteiger charge is 2.27. The number of nitrogens with one attached hydrogen (secondary N) is 1. The Balaban J connectivity index is 1.88. The maximum Gasteiger partial charge on any atom is 0.250 e. The first-order chi connectivity index (χ1) is 11.1. The molecule has 0 saturated heterocycles. The van der Waals surface area contributed by atoms with E-state index in [1.54, 1.807) is 23.5 Å². The molecular weight excluding hydrogens is 328 g/mol. The fourth-order valence-corrected chi connectivity index (χ4v) is 3.93. The Hall–Kier alpha value is -1.65. The zero-order valence-corrected chi connectivity index (χ0v) is 14.8. The topological polar surface area (TPSA) is 41.5 Å². The number of thiophene rings is 1. The largest absolute Gasteiger partial charge is 0.376 e. The minimum absolute atomic E-state index is 0.0979. The minimum Gasteiger partial charge on any atom is -0.376 e. The standard InChI is InChI=1S/C18H19ClN2OS/c1-3-13-9-20-18-16(11(2)10-23-18)17(13)21-15(22)8-12-4-6-14(19)7-5-12/h4-7,10,13,20H,3,8-9H2,1-2H3. The molecule has 1 aromatic carbocycles. The Morgan fingerprint density at radius 2 is 2.13 bits per heavy atom. The molecule has 5 heteroatoms. The Morgan fingerprint density at radius 3 is 2.83 bits per heavy atom. The molecule has 0 fully saturated rings. The summed E-state index contributed by atoms with van der Waals surface area (Å²) >= 11 is 7.57. The SMILES string of the molecule is CCC1CNc2scc(C)c2C1=NC(=O)Cc1ccc(Cl)cc1. The Labute approximate surface area is 145 Å². The number of hydrogen-bond donors (Lipinski definition) is 1. The smallest absolute Gasteiger partial charge is 0.250 e. The second-order valence-corrected chi connectivity index (χ2v) is 7.12. The van der Waals surface area contributed by atoms with Gasteiger partial charge >= 0.3 is 0 Å². The van der Waals surface area contributed by atoms with Crippen LogP contribution in [0.2, 0.25) is 5.02 Å². The normalized spacial score (nSPS) is 18.6. The molecule has 1 unspecified atom stereocenters. The third kappa shape index (κ3) is 3.48. The van der Waals surface area contributed by atoms with E-state index in [-0.39, 0.29) is 11.8 Å². The molecule has 120 valence electrons. The van der Waals surface area contributed by atoms with Gasteiger partial charge in [-0.3, -0.25) is 4.79 Å². The highest BCUT2D eigenvalue weighted by atomic mass is 35.5. The summed E-state index contributed by atoms with van der Waals surface area (Å²) < 4.78 is 0. The van der Waals surface area contributed by atoms with Crippen molar-refractivity contribution in [3.63, 3.8) is 0 Å². The number of hydrogen-bond acceptors (Lipinski definition) is 3. The Kier molecular flexibility index (Phi) is 4.83. The van der Waals surface area contributed by atoms with E-state index < -0.39 is 0 Å². The summed E-state index contributed by atoms with van der Waals surface area (Å²) in [5.74, 6) is 0.184. The lowest BCUT2D eigenvalue weighted by Crippen LogP contribution is -2.30. The predicted octanol–water partition coefficient (Wildman–Crippen LogP) is 4.72. The lowest BCUT2D eigenvalue weighted by Gasteiger charge is -2.25. The number of amides is 1. The molecule has 3 nitrogen and oxygen atoms in total. The Bertz CT molecular complexity index is 749. The minimum atomic E-state index is -0.0979. The van der Waals surface area contributed by atoms with Crippen molar-refractivity contribution in [2.45, 2.75) is 26.7 Å². The van der Waals surface area contributed by atoms with Crippen molar-refractivity contribution in [1.82, 2.24) is 0 Å². The van der Waals surface area contributed by atoms with Crippen LogP contribution in [-0.4, -0.2) is 18.2 Å². The van der Waals surface area contributed by atoms with Gasteiger partial charge in [0, 0.05) is 23.0 Å². The second-order valence-electron chi connectivity index (χ2n) is 5.80. The summed E-state index contributed by atoms with van der Waals surface area (Å²) in [6.45, 7) is 5.06. The number of rotatable bonds is 3. The second kappa shape index (κ2) is 6.85. The van der Waals surface area contributed by atoms with E-state index in [1.165, 1.54) is 5.56 Å². The van der Waals surface area contributed by atoms with Crippen LogP contribution in [0.15, 0.2) is 34.6 Å². The van der Waals surface area contributed by atoms with Crippen molar-refractivity contribution < 1.29 is 4.79 Å². The lowest BCUT2D eigenvalue weighted by atomic mass is 9.90. The molecule has 1 atom stereocenters. The van der Waals surface area contributed by atoms with E-state index in [2.05, 4.69) is 29.5 Å². The molecule has 2 aromatic rings. The molecule has 0 bridgehead atoms. The predicted molar refractivity (Wildman–Crippen MR) is 98.0 cm³/mol. The van der Waals surface area contributed by atoms with Crippen LogP contribution in [0.3, 0.4) is 0 Å². The summed E-state index contributed by atoms with van der Waals surface area (Å²) in [5.41, 5.74) is 4.19. The molecule has 0 aliphatic carbocycles.